The Labute approximate surface area is 118 Å². The van der Waals surface area contributed by atoms with Crippen LogP contribution in [-0.2, 0) is 5.41 Å². The molecule has 5 heteroatoms. The van der Waals surface area contributed by atoms with Gasteiger partial charge in [0.15, 0.2) is 11.5 Å². The summed E-state index contributed by atoms with van der Waals surface area (Å²) in [6, 6.07) is 11.4. The molecule has 1 aromatic rings. The predicted molar refractivity (Wildman–Crippen MR) is 71.9 cm³/mol. The van der Waals surface area contributed by atoms with Crippen LogP contribution < -0.4 is 9.47 Å². The molecular weight excluding hydrogens is 254 g/mol. The van der Waals surface area contributed by atoms with Gasteiger partial charge < -0.3 is 9.47 Å². The van der Waals surface area contributed by atoms with Crippen LogP contribution in [0.2, 0.25) is 0 Å². The van der Waals surface area contributed by atoms with Gasteiger partial charge in [0, 0.05) is 6.42 Å². The zero-order valence-corrected chi connectivity index (χ0v) is 11.5. The van der Waals surface area contributed by atoms with E-state index >= 15 is 0 Å². The van der Waals surface area contributed by atoms with E-state index in [2.05, 4.69) is 6.07 Å². The van der Waals surface area contributed by atoms with Crippen LogP contribution in [0.1, 0.15) is 24.8 Å². The van der Waals surface area contributed by atoms with Crippen LogP contribution in [0.25, 0.3) is 0 Å². The molecule has 5 nitrogen and oxygen atoms in total. The molecule has 20 heavy (non-hydrogen) atoms. The summed E-state index contributed by atoms with van der Waals surface area (Å²) in [5.41, 5.74) is -0.334. The molecule has 1 rings (SSSR count). The molecule has 0 N–H and O–H groups in total. The summed E-state index contributed by atoms with van der Waals surface area (Å²) in [6.07, 6.45) is 0.549. The highest BCUT2D eigenvalue weighted by Crippen LogP contribution is 2.37. The maximum atomic E-state index is 9.50. The van der Waals surface area contributed by atoms with E-state index in [9.17, 15) is 5.26 Å². The molecule has 1 aromatic carbocycles. The van der Waals surface area contributed by atoms with E-state index in [1.165, 1.54) is 14.2 Å². The zero-order valence-electron chi connectivity index (χ0n) is 11.5. The molecule has 1 atom stereocenters. The second kappa shape index (κ2) is 7.02. The third kappa shape index (κ3) is 2.99. The maximum absolute atomic E-state index is 9.50. The molecule has 0 aromatic heterocycles. The van der Waals surface area contributed by atoms with Gasteiger partial charge in [-0.1, -0.05) is 6.07 Å². The SMILES string of the molecule is COc1ccc([C@@](C#N)(CC#N)CCC#N)cc1OC. The summed E-state index contributed by atoms with van der Waals surface area (Å²) in [7, 11) is 3.04. The molecule has 0 radical (unpaired) electrons. The first kappa shape index (κ1) is 15.3. The topological polar surface area (TPSA) is 89.8 Å². The zero-order chi connectivity index (χ0) is 15.0. The Balaban J connectivity index is 3.31. The van der Waals surface area contributed by atoms with E-state index in [4.69, 9.17) is 20.0 Å². The number of benzene rings is 1. The van der Waals surface area contributed by atoms with Crippen molar-refractivity contribution in [1.29, 1.82) is 15.8 Å². The minimum absolute atomic E-state index is 0.0284. The van der Waals surface area contributed by atoms with Crippen LogP contribution in [0.3, 0.4) is 0 Å². The third-order valence-electron chi connectivity index (χ3n) is 3.19. The van der Waals surface area contributed by atoms with E-state index in [0.717, 1.165) is 0 Å². The number of methoxy groups -OCH3 is 2. The van der Waals surface area contributed by atoms with Crippen LogP contribution in [0.15, 0.2) is 18.2 Å². The largest absolute Gasteiger partial charge is 0.493 e. The van der Waals surface area contributed by atoms with Crippen molar-refractivity contribution in [2.75, 3.05) is 14.2 Å². The van der Waals surface area contributed by atoms with Crippen molar-refractivity contribution < 1.29 is 9.47 Å². The third-order valence-corrected chi connectivity index (χ3v) is 3.19. The Morgan fingerprint density at radius 1 is 1.05 bits per heavy atom. The number of ether oxygens (including phenoxy) is 2. The smallest absolute Gasteiger partial charge is 0.161 e. The van der Waals surface area contributed by atoms with E-state index in [0.29, 0.717) is 23.5 Å². The molecule has 0 heterocycles. The summed E-state index contributed by atoms with van der Waals surface area (Å²) >= 11 is 0. The molecule has 0 saturated heterocycles. The molecule has 0 bridgehead atoms. The molecule has 0 amide bonds. The van der Waals surface area contributed by atoms with Gasteiger partial charge in [0.25, 0.3) is 0 Å². The molecule has 0 aliphatic heterocycles. The standard InChI is InChI=1S/C15H15N3O2/c1-19-13-5-4-12(10-14(13)20-2)15(11-18,7-9-17)6-3-8-16/h4-5,10H,3,6-7H2,1-2H3/t15-/m1/s1. The van der Waals surface area contributed by atoms with E-state index < -0.39 is 5.41 Å². The first-order chi connectivity index (χ1) is 9.67. The Hall–Kier alpha value is -2.71. The predicted octanol–water partition coefficient (Wildman–Crippen LogP) is 2.68. The molecule has 102 valence electrons. The highest BCUT2D eigenvalue weighted by Gasteiger charge is 2.32. The Morgan fingerprint density at radius 2 is 1.75 bits per heavy atom. The molecule has 0 aliphatic rings. The van der Waals surface area contributed by atoms with E-state index in [-0.39, 0.29) is 12.8 Å². The Morgan fingerprint density at radius 3 is 2.25 bits per heavy atom. The molecule has 0 aliphatic carbocycles. The monoisotopic (exact) mass is 269 g/mol. The second-order valence-corrected chi connectivity index (χ2v) is 4.26. The molecule has 0 saturated carbocycles. The van der Waals surface area contributed by atoms with E-state index in [1.54, 1.807) is 18.2 Å². The summed E-state index contributed by atoms with van der Waals surface area (Å²) in [5.74, 6) is 1.06. The van der Waals surface area contributed by atoms with Crippen molar-refractivity contribution in [3.8, 4) is 29.7 Å². The van der Waals surface area contributed by atoms with Gasteiger partial charge in [-0.2, -0.15) is 15.8 Å². The number of nitriles is 3. The first-order valence-electron chi connectivity index (χ1n) is 6.05. The van der Waals surface area contributed by atoms with E-state index in [1.807, 2.05) is 12.1 Å². The lowest BCUT2D eigenvalue weighted by Gasteiger charge is -2.24. The molecular formula is C15H15N3O2. The Bertz CT molecular complexity index is 593. The van der Waals surface area contributed by atoms with Gasteiger partial charge in [-0.3, -0.25) is 0 Å². The lowest BCUT2D eigenvalue weighted by Crippen LogP contribution is -2.23. The highest BCUT2D eigenvalue weighted by atomic mass is 16.5. The number of rotatable bonds is 6. The first-order valence-corrected chi connectivity index (χ1v) is 6.05. The fourth-order valence-electron chi connectivity index (χ4n) is 2.03. The van der Waals surface area contributed by atoms with Crippen LogP contribution in [0, 0.1) is 34.0 Å². The summed E-state index contributed by atoms with van der Waals surface area (Å²) in [6.45, 7) is 0. The van der Waals surface area contributed by atoms with Gasteiger partial charge >= 0.3 is 0 Å². The van der Waals surface area contributed by atoms with Crippen molar-refractivity contribution in [1.82, 2.24) is 0 Å². The summed E-state index contributed by atoms with van der Waals surface area (Å²) in [4.78, 5) is 0. The van der Waals surface area contributed by atoms with Crippen molar-refractivity contribution in [2.24, 2.45) is 0 Å². The summed E-state index contributed by atoms with van der Waals surface area (Å²) < 4.78 is 10.4. The average molecular weight is 269 g/mol. The van der Waals surface area contributed by atoms with Gasteiger partial charge in [0.1, 0.15) is 0 Å². The van der Waals surface area contributed by atoms with Gasteiger partial charge in [0.2, 0.25) is 0 Å². The summed E-state index contributed by atoms with van der Waals surface area (Å²) in [5, 5.41) is 27.2. The molecule has 0 unspecified atom stereocenters. The quantitative estimate of drug-likeness (QED) is 0.791. The van der Waals surface area contributed by atoms with Gasteiger partial charge in [-0.25, -0.2) is 0 Å². The number of hydrogen-bond acceptors (Lipinski definition) is 5. The van der Waals surface area contributed by atoms with Gasteiger partial charge in [0.05, 0.1) is 44.3 Å². The molecule has 0 fully saturated rings. The fourth-order valence-corrected chi connectivity index (χ4v) is 2.03. The Kier molecular flexibility index (Phi) is 5.39. The van der Waals surface area contributed by atoms with Crippen LogP contribution in [0.5, 0.6) is 11.5 Å². The van der Waals surface area contributed by atoms with Gasteiger partial charge in [-0.15, -0.1) is 0 Å². The average Bonchev–Trinajstić information content (AvgIpc) is 2.50. The van der Waals surface area contributed by atoms with Gasteiger partial charge in [-0.05, 0) is 24.1 Å². The minimum Gasteiger partial charge on any atom is -0.493 e. The lowest BCUT2D eigenvalue weighted by atomic mass is 9.75. The van der Waals surface area contributed by atoms with Crippen molar-refractivity contribution >= 4 is 0 Å². The van der Waals surface area contributed by atoms with Crippen molar-refractivity contribution in [3.05, 3.63) is 23.8 Å². The minimum atomic E-state index is -0.996. The van der Waals surface area contributed by atoms with Crippen LogP contribution in [-0.4, -0.2) is 14.2 Å². The van der Waals surface area contributed by atoms with Crippen molar-refractivity contribution in [2.45, 2.75) is 24.7 Å². The number of hydrogen-bond donors (Lipinski definition) is 0. The van der Waals surface area contributed by atoms with Crippen LogP contribution >= 0.6 is 0 Å². The lowest BCUT2D eigenvalue weighted by molar-refractivity contribution is 0.353. The van der Waals surface area contributed by atoms with Crippen molar-refractivity contribution in [3.63, 3.8) is 0 Å². The second-order valence-electron chi connectivity index (χ2n) is 4.26. The number of nitrogens with zero attached hydrogens (tertiary/aromatic N) is 3. The molecule has 0 spiro atoms. The fraction of sp³-hybridized carbons (Fsp3) is 0.400. The normalized spacial score (nSPS) is 12.3. The van der Waals surface area contributed by atoms with Crippen LogP contribution in [0.4, 0.5) is 0 Å². The maximum Gasteiger partial charge on any atom is 0.161 e. The highest BCUT2D eigenvalue weighted by molar-refractivity contribution is 5.47.